The van der Waals surface area contributed by atoms with Gasteiger partial charge >= 0.3 is 12.1 Å². The van der Waals surface area contributed by atoms with Gasteiger partial charge in [0.1, 0.15) is 18.7 Å². The molecule has 35 heavy (non-hydrogen) atoms. The third kappa shape index (κ3) is 5.48. The number of hydrogen-bond donors (Lipinski definition) is 2. The van der Waals surface area contributed by atoms with Gasteiger partial charge in [0.25, 0.3) is 0 Å². The monoisotopic (exact) mass is 480 g/mol. The lowest BCUT2D eigenvalue weighted by molar-refractivity contribution is -0.153. The van der Waals surface area contributed by atoms with E-state index in [0.717, 1.165) is 35.1 Å². The molecule has 2 atom stereocenters. The Morgan fingerprint density at radius 1 is 1.06 bits per heavy atom. The molecule has 0 saturated carbocycles. The zero-order chi connectivity index (χ0) is 24.8. The number of hydrogen-bond acceptors (Lipinski definition) is 5. The summed E-state index contributed by atoms with van der Waals surface area (Å²) in [5, 5.41) is 12.3. The van der Waals surface area contributed by atoms with Crippen molar-refractivity contribution in [2.45, 2.75) is 50.1 Å². The first-order chi connectivity index (χ1) is 17.0. The molecule has 8 nitrogen and oxygen atoms in total. The van der Waals surface area contributed by atoms with Crippen LogP contribution >= 0.6 is 0 Å². The van der Waals surface area contributed by atoms with Crippen LogP contribution in [0.25, 0.3) is 11.1 Å². The first-order valence-electron chi connectivity index (χ1n) is 12.1. The lowest BCUT2D eigenvalue weighted by atomic mass is 9.98. The minimum atomic E-state index is -1.02. The van der Waals surface area contributed by atoms with E-state index in [1.54, 1.807) is 7.11 Å². The van der Waals surface area contributed by atoms with Crippen LogP contribution in [-0.4, -0.2) is 66.9 Å². The van der Waals surface area contributed by atoms with E-state index in [1.807, 2.05) is 36.4 Å². The Morgan fingerprint density at radius 2 is 1.71 bits per heavy atom. The molecule has 2 aromatic rings. The summed E-state index contributed by atoms with van der Waals surface area (Å²) in [5.74, 6) is -1.49. The van der Waals surface area contributed by atoms with Gasteiger partial charge in [-0.2, -0.15) is 0 Å². The molecule has 8 heteroatoms. The number of piperidine rings is 1. The van der Waals surface area contributed by atoms with Crippen molar-refractivity contribution in [2.24, 2.45) is 0 Å². The number of benzene rings is 2. The summed E-state index contributed by atoms with van der Waals surface area (Å²) in [7, 11) is 1.57. The van der Waals surface area contributed by atoms with Crippen molar-refractivity contribution in [3.63, 3.8) is 0 Å². The molecule has 0 bridgehead atoms. The van der Waals surface area contributed by atoms with Crippen molar-refractivity contribution >= 4 is 18.0 Å². The third-order valence-corrected chi connectivity index (χ3v) is 6.85. The zero-order valence-corrected chi connectivity index (χ0v) is 19.9. The average molecular weight is 481 g/mol. The molecule has 1 aliphatic carbocycles. The van der Waals surface area contributed by atoms with Crippen molar-refractivity contribution in [1.29, 1.82) is 0 Å². The molecule has 2 aromatic carbocycles. The fraction of sp³-hybridized carbons (Fsp3) is 0.444. The Hall–Kier alpha value is -3.39. The van der Waals surface area contributed by atoms with Crippen molar-refractivity contribution in [3.05, 3.63) is 59.7 Å². The number of fused-ring (bicyclic) bond motifs is 3. The Morgan fingerprint density at radius 3 is 2.34 bits per heavy atom. The predicted molar refractivity (Wildman–Crippen MR) is 130 cm³/mol. The summed E-state index contributed by atoms with van der Waals surface area (Å²) in [6.07, 6.45) is 2.10. The van der Waals surface area contributed by atoms with E-state index in [4.69, 9.17) is 9.47 Å². The van der Waals surface area contributed by atoms with Gasteiger partial charge in [-0.05, 0) is 54.4 Å². The van der Waals surface area contributed by atoms with Crippen LogP contribution in [-0.2, 0) is 19.1 Å². The fourth-order valence-corrected chi connectivity index (χ4v) is 5.12. The van der Waals surface area contributed by atoms with Gasteiger partial charge in [-0.1, -0.05) is 48.5 Å². The van der Waals surface area contributed by atoms with E-state index in [-0.39, 0.29) is 18.4 Å². The minimum Gasteiger partial charge on any atom is -0.480 e. The van der Waals surface area contributed by atoms with E-state index in [1.165, 1.54) is 4.90 Å². The fourth-order valence-electron chi connectivity index (χ4n) is 5.12. The molecule has 2 N–H and O–H groups in total. The maximum atomic E-state index is 13.3. The molecule has 1 fully saturated rings. The van der Waals surface area contributed by atoms with Crippen LogP contribution < -0.4 is 5.32 Å². The van der Waals surface area contributed by atoms with Gasteiger partial charge < -0.3 is 24.8 Å². The molecule has 0 radical (unpaired) electrons. The Bertz CT molecular complexity index is 1030. The molecule has 1 saturated heterocycles. The lowest BCUT2D eigenvalue weighted by Gasteiger charge is -2.35. The molecule has 2 amide bonds. The number of alkyl carbamates (subject to hydrolysis) is 1. The number of nitrogens with zero attached hydrogens (tertiary/aromatic N) is 1. The number of amides is 2. The van der Waals surface area contributed by atoms with Gasteiger partial charge in [0.05, 0.1) is 0 Å². The van der Waals surface area contributed by atoms with Crippen LogP contribution in [0.4, 0.5) is 4.79 Å². The molecule has 4 rings (SSSR count). The summed E-state index contributed by atoms with van der Waals surface area (Å²) in [4.78, 5) is 39.2. The van der Waals surface area contributed by atoms with E-state index in [0.29, 0.717) is 32.4 Å². The van der Waals surface area contributed by atoms with Crippen LogP contribution in [0.5, 0.6) is 0 Å². The van der Waals surface area contributed by atoms with E-state index in [2.05, 4.69) is 17.4 Å². The van der Waals surface area contributed by atoms with Crippen LogP contribution in [0, 0.1) is 0 Å². The molecule has 1 heterocycles. The van der Waals surface area contributed by atoms with Crippen molar-refractivity contribution < 1.29 is 29.0 Å². The van der Waals surface area contributed by atoms with Crippen LogP contribution in [0.1, 0.15) is 49.1 Å². The van der Waals surface area contributed by atoms with Crippen LogP contribution in [0.2, 0.25) is 0 Å². The highest BCUT2D eigenvalue weighted by atomic mass is 16.5. The summed E-state index contributed by atoms with van der Waals surface area (Å²) >= 11 is 0. The number of carbonyl (C=O) groups is 3. The molecule has 186 valence electrons. The molecule has 0 aromatic heterocycles. The Labute approximate surface area is 205 Å². The highest BCUT2D eigenvalue weighted by Crippen LogP contribution is 2.44. The molecule has 2 aliphatic rings. The Kier molecular flexibility index (Phi) is 8.02. The number of carbonyl (C=O) groups excluding carboxylic acids is 2. The van der Waals surface area contributed by atoms with Gasteiger partial charge in [0.2, 0.25) is 5.91 Å². The van der Waals surface area contributed by atoms with Crippen molar-refractivity contribution in [1.82, 2.24) is 10.2 Å². The second-order valence-electron chi connectivity index (χ2n) is 9.04. The molecule has 1 unspecified atom stereocenters. The quantitative estimate of drug-likeness (QED) is 0.529. The maximum absolute atomic E-state index is 13.3. The zero-order valence-electron chi connectivity index (χ0n) is 19.9. The number of ether oxygens (including phenoxy) is 2. The number of rotatable bonds is 9. The standard InChI is InChI=1S/C27H32N2O6/c1-34-16-8-13-23(25(30)29-15-7-6-14-24(29)26(31)32)28-27(33)35-17-22-20-11-4-2-9-18(20)19-10-3-5-12-21(19)22/h2-5,9-12,22-24H,6-8,13-17H2,1H3,(H,28,33)(H,31,32)/t23?,24-/m0/s1. The average Bonchev–Trinajstić information content (AvgIpc) is 3.20. The van der Waals surface area contributed by atoms with Gasteiger partial charge in [-0.25, -0.2) is 9.59 Å². The third-order valence-electron chi connectivity index (χ3n) is 6.85. The number of methoxy groups -OCH3 is 1. The highest BCUT2D eigenvalue weighted by Gasteiger charge is 2.36. The number of likely N-dealkylation sites (tertiary alicyclic amines) is 1. The molecule has 0 spiro atoms. The minimum absolute atomic E-state index is 0.0886. The topological polar surface area (TPSA) is 105 Å². The summed E-state index contributed by atoms with van der Waals surface area (Å²) in [6.45, 7) is 0.932. The molecular formula is C27H32N2O6. The van der Waals surface area contributed by atoms with Gasteiger partial charge in [-0.15, -0.1) is 0 Å². The van der Waals surface area contributed by atoms with E-state index >= 15 is 0 Å². The number of carboxylic acids is 1. The summed E-state index contributed by atoms with van der Waals surface area (Å²) < 4.78 is 10.7. The van der Waals surface area contributed by atoms with Crippen molar-refractivity contribution in [3.8, 4) is 11.1 Å². The largest absolute Gasteiger partial charge is 0.480 e. The van der Waals surface area contributed by atoms with E-state index in [9.17, 15) is 19.5 Å². The number of carboxylic acid groups (broad SMARTS) is 1. The SMILES string of the molecule is COCCCC(NC(=O)OCC1c2ccccc2-c2ccccc21)C(=O)N1CCCC[C@H]1C(=O)O. The van der Waals surface area contributed by atoms with Crippen LogP contribution in [0.15, 0.2) is 48.5 Å². The smallest absolute Gasteiger partial charge is 0.407 e. The molecular weight excluding hydrogens is 448 g/mol. The van der Waals surface area contributed by atoms with Gasteiger partial charge in [0.15, 0.2) is 0 Å². The predicted octanol–water partition coefficient (Wildman–Crippen LogP) is 3.79. The highest BCUT2D eigenvalue weighted by molar-refractivity contribution is 5.89. The van der Waals surface area contributed by atoms with Gasteiger partial charge in [0, 0.05) is 26.2 Å². The molecule has 1 aliphatic heterocycles. The van der Waals surface area contributed by atoms with Crippen LogP contribution in [0.3, 0.4) is 0 Å². The first-order valence-corrected chi connectivity index (χ1v) is 12.1. The lowest BCUT2D eigenvalue weighted by Crippen LogP contribution is -2.55. The maximum Gasteiger partial charge on any atom is 0.407 e. The summed E-state index contributed by atoms with van der Waals surface area (Å²) in [5.41, 5.74) is 4.47. The number of aliphatic carboxylic acids is 1. The number of nitrogens with one attached hydrogen (secondary N) is 1. The second-order valence-corrected chi connectivity index (χ2v) is 9.04. The summed E-state index contributed by atoms with van der Waals surface area (Å²) in [6, 6.07) is 14.4. The second kappa shape index (κ2) is 11.4. The van der Waals surface area contributed by atoms with Gasteiger partial charge in [-0.3, -0.25) is 4.79 Å². The van der Waals surface area contributed by atoms with E-state index < -0.39 is 24.1 Å². The van der Waals surface area contributed by atoms with Crippen molar-refractivity contribution in [2.75, 3.05) is 26.9 Å². The normalized spacial score (nSPS) is 17.9. The first kappa shape index (κ1) is 24.7. The Balaban J connectivity index is 1.44.